The second-order valence-electron chi connectivity index (χ2n) is 10.2. The molecule has 2 heterocycles. The molecule has 2 aromatic rings. The van der Waals surface area contributed by atoms with Gasteiger partial charge in [-0.2, -0.15) is 5.26 Å². The number of aliphatic hydroxyl groups is 1. The largest absolute Gasteiger partial charge is 0.463 e. The van der Waals surface area contributed by atoms with Gasteiger partial charge in [-0.1, -0.05) is 51.1 Å². The Morgan fingerprint density at radius 2 is 2.00 bits per heavy atom. The van der Waals surface area contributed by atoms with E-state index in [1.54, 1.807) is 38.1 Å². The van der Waals surface area contributed by atoms with Crippen molar-refractivity contribution in [2.75, 3.05) is 6.61 Å². The molecule has 1 amide bonds. The minimum absolute atomic E-state index is 0.0209. The highest BCUT2D eigenvalue weighted by molar-refractivity contribution is 6.09. The lowest BCUT2D eigenvalue weighted by atomic mass is 9.92. The Kier molecular flexibility index (Phi) is 11.1. The number of aliphatic hydroxyl groups excluding tert-OH is 1. The third-order valence-electron chi connectivity index (χ3n) is 6.71. The first-order valence-electron chi connectivity index (χ1n) is 13.5. The van der Waals surface area contributed by atoms with E-state index in [-0.39, 0.29) is 41.9 Å². The average molecular weight is 581 g/mol. The van der Waals surface area contributed by atoms with Crippen molar-refractivity contribution in [2.24, 2.45) is 16.6 Å². The van der Waals surface area contributed by atoms with Crippen LogP contribution in [-0.4, -0.2) is 71.1 Å². The van der Waals surface area contributed by atoms with Gasteiger partial charge in [-0.05, 0) is 30.0 Å². The summed E-state index contributed by atoms with van der Waals surface area (Å²) in [4.78, 5) is 44.3. The molecule has 0 aliphatic carbocycles. The second-order valence-corrected chi connectivity index (χ2v) is 10.2. The summed E-state index contributed by atoms with van der Waals surface area (Å²) in [5, 5.41) is 31.6. The Balaban J connectivity index is 1.89. The molecular formula is C29H36N6O7. The number of hydrogen-bond acceptors (Lipinski definition) is 10. The third kappa shape index (κ3) is 7.47. The van der Waals surface area contributed by atoms with Crippen molar-refractivity contribution in [1.29, 1.82) is 10.7 Å². The molecule has 224 valence electrons. The maximum Gasteiger partial charge on any atom is 0.323 e. The summed E-state index contributed by atoms with van der Waals surface area (Å²) < 4.78 is 17.0. The van der Waals surface area contributed by atoms with Crippen molar-refractivity contribution in [2.45, 2.75) is 70.0 Å². The molecule has 1 saturated heterocycles. The van der Waals surface area contributed by atoms with Crippen molar-refractivity contribution in [3.05, 3.63) is 59.4 Å². The number of nitrogens with two attached hydrogens (primary N) is 1. The first-order valence-corrected chi connectivity index (χ1v) is 13.5. The van der Waals surface area contributed by atoms with Gasteiger partial charge in [0.1, 0.15) is 37.3 Å². The van der Waals surface area contributed by atoms with Crippen molar-refractivity contribution in [3.63, 3.8) is 0 Å². The number of nitriles is 1. The molecule has 1 aliphatic heterocycles. The maximum absolute atomic E-state index is 12.8. The van der Waals surface area contributed by atoms with E-state index in [1.807, 2.05) is 19.1 Å². The van der Waals surface area contributed by atoms with E-state index in [1.165, 1.54) is 12.1 Å². The van der Waals surface area contributed by atoms with E-state index in [0.29, 0.717) is 6.42 Å². The zero-order valence-corrected chi connectivity index (χ0v) is 23.7. The maximum atomic E-state index is 12.8. The molecule has 3 rings (SSSR count). The quantitative estimate of drug-likeness (QED) is 0.139. The number of carbonyl (C=O) groups is 3. The molecule has 0 radical (unpaired) electrons. The highest BCUT2D eigenvalue weighted by Gasteiger charge is 2.59. The second kappa shape index (κ2) is 14.5. The van der Waals surface area contributed by atoms with Crippen LogP contribution in [0.4, 0.5) is 0 Å². The van der Waals surface area contributed by atoms with E-state index in [2.05, 4.69) is 15.3 Å². The molecule has 1 aliphatic rings. The number of rotatable bonds is 12. The average Bonchev–Trinajstić information content (AvgIpc) is 3.56. The fourth-order valence-corrected chi connectivity index (χ4v) is 4.33. The van der Waals surface area contributed by atoms with Crippen molar-refractivity contribution >= 4 is 30.0 Å². The van der Waals surface area contributed by atoms with Crippen molar-refractivity contribution in [1.82, 2.24) is 10.3 Å². The van der Waals surface area contributed by atoms with Gasteiger partial charge in [-0.25, -0.2) is 4.99 Å². The Labute approximate surface area is 243 Å². The number of carbonyl (C=O) groups excluding carboxylic acids is 3. The first-order chi connectivity index (χ1) is 20.1. The lowest BCUT2D eigenvalue weighted by Crippen LogP contribution is -2.46. The summed E-state index contributed by atoms with van der Waals surface area (Å²) in [5.74, 6) is -1.99. The number of aromatic nitrogens is 1. The van der Waals surface area contributed by atoms with E-state index >= 15 is 0 Å². The Hall–Kier alpha value is -4.38. The van der Waals surface area contributed by atoms with Crippen LogP contribution in [0.3, 0.4) is 0 Å². The normalized spacial score (nSPS) is 22.7. The molecule has 1 aromatic carbocycles. The van der Waals surface area contributed by atoms with E-state index in [0.717, 1.165) is 11.9 Å². The lowest BCUT2D eigenvalue weighted by Gasteiger charge is -2.25. The summed E-state index contributed by atoms with van der Waals surface area (Å²) >= 11 is 0. The SMILES string of the molecule is CCCC(=O)NC(=NC=N)c1ccc([C@]2(C#N)O[C@H](COC(=O)Cc3ccccc3)[C@@H](OC(=O)[C@@H](N)C(C)C)[C@H]2O)[nH]1. The van der Waals surface area contributed by atoms with Crippen molar-refractivity contribution in [3.8, 4) is 6.07 Å². The van der Waals surface area contributed by atoms with Crippen LogP contribution in [0.15, 0.2) is 47.5 Å². The van der Waals surface area contributed by atoms with Gasteiger partial charge in [0, 0.05) is 6.42 Å². The summed E-state index contributed by atoms with van der Waals surface area (Å²) in [6.45, 7) is 4.86. The van der Waals surface area contributed by atoms with Crippen LogP contribution in [0.25, 0.3) is 0 Å². The minimum Gasteiger partial charge on any atom is -0.463 e. The fourth-order valence-electron chi connectivity index (χ4n) is 4.33. The number of ether oxygens (including phenoxy) is 3. The molecule has 0 bridgehead atoms. The zero-order valence-electron chi connectivity index (χ0n) is 23.7. The highest BCUT2D eigenvalue weighted by Crippen LogP contribution is 2.41. The standard InChI is InChI=1S/C29H36N6O7/c1-4-8-22(36)35-27(33-16-31)19-11-12-21(34-19)29(15-30)26(38)25(41-28(39)24(32)17(2)3)20(42-29)14-40-23(37)13-18-9-6-5-7-10-18/h5-7,9-12,16-17,20,24-26,34,38H,4,8,13-14,32H2,1-3H3,(H2,31,33,35,36)/t20-,24+,25-,26-,29+/m1/s1. The predicted octanol–water partition coefficient (Wildman–Crippen LogP) is 1.44. The summed E-state index contributed by atoms with van der Waals surface area (Å²) in [5.41, 5.74) is 4.87. The van der Waals surface area contributed by atoms with Gasteiger partial charge in [0.15, 0.2) is 11.9 Å². The first kappa shape index (κ1) is 32.1. The number of nitrogens with one attached hydrogen (secondary N) is 3. The van der Waals surface area contributed by atoms with Gasteiger partial charge in [0.05, 0.1) is 17.8 Å². The van der Waals surface area contributed by atoms with E-state index in [4.69, 9.17) is 25.4 Å². The third-order valence-corrected chi connectivity index (χ3v) is 6.71. The number of H-pyrrole nitrogens is 1. The topological polar surface area (TPSA) is 213 Å². The van der Waals surface area contributed by atoms with Gasteiger partial charge in [-0.15, -0.1) is 0 Å². The van der Waals surface area contributed by atoms with E-state index < -0.39 is 48.5 Å². The number of amides is 1. The van der Waals surface area contributed by atoms with Gasteiger partial charge < -0.3 is 35.4 Å². The Morgan fingerprint density at radius 1 is 1.29 bits per heavy atom. The fraction of sp³-hybridized carbons (Fsp3) is 0.448. The number of hydrogen-bond donors (Lipinski definition) is 5. The van der Waals surface area contributed by atoms with Gasteiger partial charge in [-0.3, -0.25) is 19.8 Å². The smallest absolute Gasteiger partial charge is 0.323 e. The summed E-state index contributed by atoms with van der Waals surface area (Å²) in [6, 6.07) is 12.8. The molecule has 1 aromatic heterocycles. The molecule has 5 atom stereocenters. The Bertz CT molecular complexity index is 1340. The van der Waals surface area contributed by atoms with Crippen LogP contribution in [0.2, 0.25) is 0 Å². The highest BCUT2D eigenvalue weighted by atomic mass is 16.6. The van der Waals surface area contributed by atoms with Crippen LogP contribution < -0.4 is 11.1 Å². The molecule has 0 unspecified atom stereocenters. The monoisotopic (exact) mass is 580 g/mol. The van der Waals surface area contributed by atoms with Crippen LogP contribution in [0.5, 0.6) is 0 Å². The zero-order chi connectivity index (χ0) is 30.9. The Morgan fingerprint density at radius 3 is 2.62 bits per heavy atom. The van der Waals surface area contributed by atoms with Crippen molar-refractivity contribution < 1.29 is 33.7 Å². The van der Waals surface area contributed by atoms with Gasteiger partial charge in [0.2, 0.25) is 11.5 Å². The van der Waals surface area contributed by atoms with Crippen LogP contribution >= 0.6 is 0 Å². The summed E-state index contributed by atoms with van der Waals surface area (Å²) in [6.07, 6.45) is -2.84. The van der Waals surface area contributed by atoms with Gasteiger partial charge in [0.25, 0.3) is 0 Å². The lowest BCUT2D eigenvalue weighted by molar-refractivity contribution is -0.162. The number of amidine groups is 1. The number of esters is 2. The molecule has 0 saturated carbocycles. The molecule has 6 N–H and O–H groups in total. The number of benzene rings is 1. The van der Waals surface area contributed by atoms with Crippen LogP contribution in [0, 0.1) is 22.7 Å². The molecular weight excluding hydrogens is 544 g/mol. The minimum atomic E-state index is -2.09. The molecule has 1 fully saturated rings. The van der Waals surface area contributed by atoms with E-state index in [9.17, 15) is 24.8 Å². The van der Waals surface area contributed by atoms with Gasteiger partial charge >= 0.3 is 11.9 Å². The number of nitrogens with zero attached hydrogens (tertiary/aromatic N) is 2. The molecule has 0 spiro atoms. The number of aromatic amines is 1. The van der Waals surface area contributed by atoms with Crippen LogP contribution in [0.1, 0.15) is 50.6 Å². The predicted molar refractivity (Wildman–Crippen MR) is 151 cm³/mol. The molecule has 42 heavy (non-hydrogen) atoms. The number of aliphatic imine (C=N–C) groups is 1. The summed E-state index contributed by atoms with van der Waals surface area (Å²) in [7, 11) is 0. The molecule has 13 heteroatoms. The van der Waals surface area contributed by atoms with Crippen LogP contribution in [-0.2, 0) is 40.6 Å². The molecule has 13 nitrogen and oxygen atoms in total.